The summed E-state index contributed by atoms with van der Waals surface area (Å²) in [5.74, 6) is 0.380. The molecule has 1 aromatic heterocycles. The summed E-state index contributed by atoms with van der Waals surface area (Å²) in [5.41, 5.74) is -0.342. The third-order valence-electron chi connectivity index (χ3n) is 3.96. The minimum atomic E-state index is -4.64. The van der Waals surface area contributed by atoms with E-state index in [1.54, 1.807) is 36.4 Å². The highest BCUT2D eigenvalue weighted by Gasteiger charge is 2.33. The van der Waals surface area contributed by atoms with Crippen molar-refractivity contribution in [3.05, 3.63) is 88.3 Å². The molecule has 0 unspecified atom stereocenters. The quantitative estimate of drug-likeness (QED) is 0.478. The van der Waals surface area contributed by atoms with Crippen molar-refractivity contribution >= 4 is 26.0 Å². The predicted octanol–water partition coefficient (Wildman–Crippen LogP) is 5.45. The molecule has 0 spiro atoms. The zero-order chi connectivity index (χ0) is 20.4. The van der Waals surface area contributed by atoms with Gasteiger partial charge in [-0.05, 0) is 48.0 Å². The fourth-order valence-corrected chi connectivity index (χ4v) is 4.51. The monoisotopic (exact) mass is 473 g/mol. The Balaban J connectivity index is 2.00. The van der Waals surface area contributed by atoms with Crippen LogP contribution in [0.3, 0.4) is 0 Å². The Labute approximate surface area is 168 Å². The molecule has 9 heteroatoms. The van der Waals surface area contributed by atoms with Gasteiger partial charge in [0.15, 0.2) is 0 Å². The number of hydrogen-bond acceptors (Lipinski definition) is 3. The van der Waals surface area contributed by atoms with Crippen LogP contribution in [0.5, 0.6) is 0 Å². The van der Waals surface area contributed by atoms with Crippen LogP contribution in [0.4, 0.5) is 13.2 Å². The molecule has 0 aliphatic rings. The van der Waals surface area contributed by atoms with Crippen molar-refractivity contribution in [1.29, 1.82) is 0 Å². The molecule has 3 rings (SSSR count). The first kappa shape index (κ1) is 20.6. The molecule has 0 radical (unpaired) electrons. The maximum absolute atomic E-state index is 13.1. The average molecular weight is 474 g/mol. The van der Waals surface area contributed by atoms with Crippen molar-refractivity contribution < 1.29 is 26.0 Å². The molecule has 28 heavy (non-hydrogen) atoms. The third kappa shape index (κ3) is 4.84. The summed E-state index contributed by atoms with van der Waals surface area (Å²) in [6, 6.07) is 14.0. The summed E-state index contributed by atoms with van der Waals surface area (Å²) >= 11 is 3.33. The second-order valence-electron chi connectivity index (χ2n) is 6.01. The molecular weight excluding hydrogens is 459 g/mol. The second kappa shape index (κ2) is 8.10. The predicted molar refractivity (Wildman–Crippen MR) is 101 cm³/mol. The molecule has 0 aliphatic heterocycles. The number of benzene rings is 2. The Morgan fingerprint density at radius 1 is 0.964 bits per heavy atom. The number of halogens is 4. The van der Waals surface area contributed by atoms with Gasteiger partial charge in [-0.1, -0.05) is 34.1 Å². The number of sulfonamides is 1. The minimum Gasteiger partial charge on any atom is -0.468 e. The summed E-state index contributed by atoms with van der Waals surface area (Å²) in [6.45, 7) is -0.142. The van der Waals surface area contributed by atoms with E-state index in [-0.39, 0.29) is 13.1 Å². The Morgan fingerprint density at radius 2 is 1.71 bits per heavy atom. The number of hydrogen-bond donors (Lipinski definition) is 0. The van der Waals surface area contributed by atoms with Crippen molar-refractivity contribution in [1.82, 2.24) is 4.31 Å². The highest BCUT2D eigenvalue weighted by Crippen LogP contribution is 2.32. The smallest absolute Gasteiger partial charge is 0.416 e. The van der Waals surface area contributed by atoms with Gasteiger partial charge in [0.1, 0.15) is 5.76 Å². The number of alkyl halides is 3. The maximum atomic E-state index is 13.1. The molecule has 0 fully saturated rings. The zero-order valence-corrected chi connectivity index (χ0v) is 16.8. The lowest BCUT2D eigenvalue weighted by atomic mass is 10.2. The van der Waals surface area contributed by atoms with Crippen LogP contribution in [0.15, 0.2) is 80.7 Å². The van der Waals surface area contributed by atoms with Crippen LogP contribution in [0.2, 0.25) is 0 Å². The molecule has 148 valence electrons. The SMILES string of the molecule is O=S(=O)(c1cccc(C(F)(F)F)c1)N(Cc1cccc(Br)c1)Cc1ccco1. The van der Waals surface area contributed by atoms with Gasteiger partial charge in [-0.3, -0.25) is 0 Å². The van der Waals surface area contributed by atoms with Crippen LogP contribution in [0.1, 0.15) is 16.9 Å². The zero-order valence-electron chi connectivity index (χ0n) is 14.4. The van der Waals surface area contributed by atoms with Crippen LogP contribution in [0, 0.1) is 0 Å². The molecule has 0 saturated carbocycles. The Bertz CT molecular complexity index is 1050. The van der Waals surface area contributed by atoms with E-state index in [0.717, 1.165) is 27.0 Å². The highest BCUT2D eigenvalue weighted by atomic mass is 79.9. The molecule has 0 N–H and O–H groups in total. The van der Waals surface area contributed by atoms with Crippen molar-refractivity contribution in [2.24, 2.45) is 0 Å². The first-order valence-electron chi connectivity index (χ1n) is 8.10. The van der Waals surface area contributed by atoms with Gasteiger partial charge in [-0.2, -0.15) is 17.5 Å². The standard InChI is InChI=1S/C19H15BrF3NO3S/c20-16-6-1-4-14(10-16)12-24(13-17-7-3-9-27-17)28(25,26)18-8-2-5-15(11-18)19(21,22)23/h1-11H,12-13H2. The van der Waals surface area contributed by atoms with E-state index in [4.69, 9.17) is 4.42 Å². The first-order valence-corrected chi connectivity index (χ1v) is 10.3. The molecular formula is C19H15BrF3NO3S. The summed E-state index contributed by atoms with van der Waals surface area (Å²) < 4.78 is 72.4. The van der Waals surface area contributed by atoms with Gasteiger partial charge in [0, 0.05) is 11.0 Å². The topological polar surface area (TPSA) is 50.5 Å². The van der Waals surface area contributed by atoms with E-state index in [1.165, 1.54) is 6.26 Å². The summed E-state index contributed by atoms with van der Waals surface area (Å²) in [4.78, 5) is -0.427. The molecule has 2 aromatic carbocycles. The van der Waals surface area contributed by atoms with Gasteiger partial charge in [0.05, 0.1) is 23.3 Å². The molecule has 0 aliphatic carbocycles. The molecule has 0 saturated heterocycles. The molecule has 0 bridgehead atoms. The molecule has 0 amide bonds. The number of nitrogens with zero attached hydrogens (tertiary/aromatic N) is 1. The lowest BCUT2D eigenvalue weighted by Crippen LogP contribution is -2.30. The van der Waals surface area contributed by atoms with Gasteiger partial charge in [0.2, 0.25) is 10.0 Å². The summed E-state index contributed by atoms with van der Waals surface area (Å²) in [7, 11) is -4.21. The normalized spacial score (nSPS) is 12.5. The summed E-state index contributed by atoms with van der Waals surface area (Å²) in [6.07, 6.45) is -3.23. The van der Waals surface area contributed by atoms with Crippen LogP contribution in [0.25, 0.3) is 0 Å². The van der Waals surface area contributed by atoms with Crippen LogP contribution in [-0.4, -0.2) is 12.7 Å². The van der Waals surface area contributed by atoms with Crippen molar-refractivity contribution in [3.8, 4) is 0 Å². The van der Waals surface area contributed by atoms with Crippen molar-refractivity contribution in [3.63, 3.8) is 0 Å². The molecule has 1 heterocycles. The van der Waals surface area contributed by atoms with E-state index >= 15 is 0 Å². The summed E-state index contributed by atoms with van der Waals surface area (Å²) in [5, 5.41) is 0. The average Bonchev–Trinajstić information content (AvgIpc) is 3.14. The Morgan fingerprint density at radius 3 is 2.36 bits per heavy atom. The Hall–Kier alpha value is -2.10. The Kier molecular flexibility index (Phi) is 5.97. The van der Waals surface area contributed by atoms with E-state index in [1.807, 2.05) is 0 Å². The second-order valence-corrected chi connectivity index (χ2v) is 8.86. The van der Waals surface area contributed by atoms with Crippen molar-refractivity contribution in [2.45, 2.75) is 24.2 Å². The maximum Gasteiger partial charge on any atom is 0.416 e. The van der Waals surface area contributed by atoms with E-state index in [2.05, 4.69) is 15.9 Å². The van der Waals surface area contributed by atoms with E-state index in [0.29, 0.717) is 17.4 Å². The lowest BCUT2D eigenvalue weighted by molar-refractivity contribution is -0.137. The van der Waals surface area contributed by atoms with Gasteiger partial charge >= 0.3 is 6.18 Å². The molecule has 4 nitrogen and oxygen atoms in total. The van der Waals surface area contributed by atoms with Gasteiger partial charge in [0.25, 0.3) is 0 Å². The van der Waals surface area contributed by atoms with Crippen LogP contribution >= 0.6 is 15.9 Å². The van der Waals surface area contributed by atoms with Gasteiger partial charge < -0.3 is 4.42 Å². The van der Waals surface area contributed by atoms with Gasteiger partial charge in [-0.25, -0.2) is 8.42 Å². The molecule has 0 atom stereocenters. The van der Waals surface area contributed by atoms with E-state index in [9.17, 15) is 21.6 Å². The molecule has 3 aromatic rings. The number of furan rings is 1. The lowest BCUT2D eigenvalue weighted by Gasteiger charge is -2.22. The first-order chi connectivity index (χ1) is 13.2. The van der Waals surface area contributed by atoms with E-state index < -0.39 is 26.7 Å². The fraction of sp³-hybridized carbons (Fsp3) is 0.158. The minimum absolute atomic E-state index is 0.0290. The third-order valence-corrected chi connectivity index (χ3v) is 6.24. The van der Waals surface area contributed by atoms with Crippen molar-refractivity contribution in [2.75, 3.05) is 0 Å². The fourth-order valence-electron chi connectivity index (χ4n) is 2.62. The van der Waals surface area contributed by atoms with Crippen LogP contribution in [-0.2, 0) is 29.3 Å². The van der Waals surface area contributed by atoms with Gasteiger partial charge in [-0.15, -0.1) is 0 Å². The highest BCUT2D eigenvalue weighted by molar-refractivity contribution is 9.10. The largest absolute Gasteiger partial charge is 0.468 e. The number of rotatable bonds is 6. The van der Waals surface area contributed by atoms with Crippen LogP contribution < -0.4 is 0 Å².